The largest absolute Gasteiger partial charge is 0.479 e. The summed E-state index contributed by atoms with van der Waals surface area (Å²) in [6.07, 6.45) is -0.859. The van der Waals surface area contributed by atoms with Crippen molar-refractivity contribution in [1.29, 1.82) is 0 Å². The first kappa shape index (κ1) is 18.1. The molecule has 1 atom stereocenters. The first-order valence-electron chi connectivity index (χ1n) is 6.30. The van der Waals surface area contributed by atoms with Crippen LogP contribution in [0, 0.1) is 5.92 Å². The van der Waals surface area contributed by atoms with E-state index < -0.39 is 15.2 Å². The Morgan fingerprint density at radius 3 is 2.48 bits per heavy atom. The number of halogens is 2. The lowest BCUT2D eigenvalue weighted by molar-refractivity contribution is -0.127. The topological polar surface area (TPSA) is 72.5 Å². The molecule has 5 nitrogen and oxygen atoms in total. The molecule has 21 heavy (non-hydrogen) atoms. The molecular formula is C13H17Cl2NO4S. The highest BCUT2D eigenvalue weighted by Gasteiger charge is 2.22. The van der Waals surface area contributed by atoms with Gasteiger partial charge in [0.15, 0.2) is 6.10 Å². The van der Waals surface area contributed by atoms with Gasteiger partial charge in [-0.3, -0.25) is 4.79 Å². The molecule has 1 unspecified atom stereocenters. The van der Waals surface area contributed by atoms with Crippen LogP contribution in [-0.4, -0.2) is 27.0 Å². The lowest BCUT2D eigenvalue weighted by atomic mass is 10.2. The van der Waals surface area contributed by atoms with Crippen molar-refractivity contribution in [3.63, 3.8) is 0 Å². The molecule has 1 aromatic rings. The number of carbonyl (C=O) groups is 1. The SMILES string of the molecule is CC(C)CNC(=O)C(C)Oc1ccc(Cl)cc1S(=O)(=O)Cl. The molecule has 0 aliphatic carbocycles. The van der Waals surface area contributed by atoms with Gasteiger partial charge in [-0.2, -0.15) is 0 Å². The van der Waals surface area contributed by atoms with Crippen molar-refractivity contribution < 1.29 is 17.9 Å². The molecule has 0 aromatic heterocycles. The molecule has 1 amide bonds. The number of benzene rings is 1. The van der Waals surface area contributed by atoms with Crippen LogP contribution in [0.5, 0.6) is 5.75 Å². The molecule has 0 heterocycles. The Labute approximate surface area is 134 Å². The average molecular weight is 354 g/mol. The maximum atomic E-state index is 11.8. The first-order valence-corrected chi connectivity index (χ1v) is 8.98. The molecule has 8 heteroatoms. The Morgan fingerprint density at radius 1 is 1.33 bits per heavy atom. The molecule has 0 bridgehead atoms. The summed E-state index contributed by atoms with van der Waals surface area (Å²) in [4.78, 5) is 11.6. The molecule has 1 aromatic carbocycles. The minimum atomic E-state index is -4.02. The number of carbonyl (C=O) groups excluding carboxylic acids is 1. The van der Waals surface area contributed by atoms with Gasteiger partial charge in [0.1, 0.15) is 10.6 Å². The van der Waals surface area contributed by atoms with E-state index in [1.807, 2.05) is 13.8 Å². The van der Waals surface area contributed by atoms with Crippen LogP contribution in [-0.2, 0) is 13.8 Å². The summed E-state index contributed by atoms with van der Waals surface area (Å²) < 4.78 is 28.4. The summed E-state index contributed by atoms with van der Waals surface area (Å²) in [6, 6.07) is 4.00. The van der Waals surface area contributed by atoms with E-state index in [2.05, 4.69) is 5.32 Å². The zero-order valence-electron chi connectivity index (χ0n) is 11.9. The van der Waals surface area contributed by atoms with E-state index in [4.69, 9.17) is 27.0 Å². The highest BCUT2D eigenvalue weighted by molar-refractivity contribution is 8.13. The average Bonchev–Trinajstić information content (AvgIpc) is 2.36. The monoisotopic (exact) mass is 353 g/mol. The van der Waals surface area contributed by atoms with Gasteiger partial charge in [-0.05, 0) is 31.0 Å². The van der Waals surface area contributed by atoms with Gasteiger partial charge in [-0.15, -0.1) is 0 Å². The molecule has 0 radical (unpaired) electrons. The number of nitrogens with one attached hydrogen (secondary N) is 1. The fourth-order valence-corrected chi connectivity index (χ4v) is 2.68. The third-order valence-electron chi connectivity index (χ3n) is 2.53. The predicted molar refractivity (Wildman–Crippen MR) is 82.4 cm³/mol. The number of amides is 1. The first-order chi connectivity index (χ1) is 9.61. The van der Waals surface area contributed by atoms with Crippen LogP contribution in [0.3, 0.4) is 0 Å². The highest BCUT2D eigenvalue weighted by Crippen LogP contribution is 2.30. The fraction of sp³-hybridized carbons (Fsp3) is 0.462. The van der Waals surface area contributed by atoms with Crippen LogP contribution in [0.1, 0.15) is 20.8 Å². The van der Waals surface area contributed by atoms with Gasteiger partial charge < -0.3 is 10.1 Å². The quantitative estimate of drug-likeness (QED) is 0.798. The maximum absolute atomic E-state index is 11.8. The lowest BCUT2D eigenvalue weighted by Crippen LogP contribution is -2.38. The number of ether oxygens (including phenoxy) is 1. The Balaban J connectivity index is 2.90. The summed E-state index contributed by atoms with van der Waals surface area (Å²) in [5.41, 5.74) is 0. The van der Waals surface area contributed by atoms with Crippen molar-refractivity contribution in [3.8, 4) is 5.75 Å². The third kappa shape index (κ3) is 5.73. The summed E-state index contributed by atoms with van der Waals surface area (Å²) in [7, 11) is 1.31. The van der Waals surface area contributed by atoms with Crippen molar-refractivity contribution in [2.75, 3.05) is 6.54 Å². The normalized spacial score (nSPS) is 13.0. The molecule has 1 rings (SSSR count). The number of rotatable bonds is 6. The highest BCUT2D eigenvalue weighted by atomic mass is 35.7. The van der Waals surface area contributed by atoms with Crippen LogP contribution in [0.4, 0.5) is 0 Å². The predicted octanol–water partition coefficient (Wildman–Crippen LogP) is 2.81. The van der Waals surface area contributed by atoms with Crippen LogP contribution in [0.25, 0.3) is 0 Å². The van der Waals surface area contributed by atoms with Gasteiger partial charge in [0.05, 0.1) is 0 Å². The molecule has 1 N–H and O–H groups in total. The Kier molecular flexibility index (Phi) is 6.31. The van der Waals surface area contributed by atoms with Gasteiger partial charge in [0, 0.05) is 22.2 Å². The summed E-state index contributed by atoms with van der Waals surface area (Å²) in [5, 5.41) is 2.91. The number of hydrogen-bond acceptors (Lipinski definition) is 4. The third-order valence-corrected chi connectivity index (χ3v) is 4.10. The molecule has 0 saturated heterocycles. The molecule has 0 aliphatic heterocycles. The van der Waals surface area contributed by atoms with Crippen LogP contribution in [0.15, 0.2) is 23.1 Å². The van der Waals surface area contributed by atoms with Crippen LogP contribution in [0.2, 0.25) is 5.02 Å². The van der Waals surface area contributed by atoms with Gasteiger partial charge in [0.25, 0.3) is 15.0 Å². The van der Waals surface area contributed by atoms with Gasteiger partial charge in [-0.25, -0.2) is 8.42 Å². The minimum absolute atomic E-state index is 0.0124. The molecule has 0 fully saturated rings. The van der Waals surface area contributed by atoms with Gasteiger partial charge >= 0.3 is 0 Å². The minimum Gasteiger partial charge on any atom is -0.479 e. The molecule has 0 aliphatic rings. The van der Waals surface area contributed by atoms with Gasteiger partial charge in [0.2, 0.25) is 0 Å². The van der Waals surface area contributed by atoms with Crippen molar-refractivity contribution in [3.05, 3.63) is 23.2 Å². The van der Waals surface area contributed by atoms with Gasteiger partial charge in [-0.1, -0.05) is 25.4 Å². The van der Waals surface area contributed by atoms with E-state index in [0.717, 1.165) is 0 Å². The van der Waals surface area contributed by atoms with E-state index in [-0.39, 0.29) is 21.6 Å². The molecule has 118 valence electrons. The summed E-state index contributed by atoms with van der Waals surface area (Å²) in [6.45, 7) is 5.95. The van der Waals surface area contributed by atoms with E-state index >= 15 is 0 Å². The van der Waals surface area contributed by atoms with E-state index in [0.29, 0.717) is 12.5 Å². The van der Waals surface area contributed by atoms with Crippen LogP contribution >= 0.6 is 22.3 Å². The van der Waals surface area contributed by atoms with Crippen molar-refractivity contribution in [2.45, 2.75) is 31.8 Å². The number of hydrogen-bond donors (Lipinski definition) is 1. The lowest BCUT2D eigenvalue weighted by Gasteiger charge is -2.17. The summed E-state index contributed by atoms with van der Waals surface area (Å²) >= 11 is 5.75. The maximum Gasteiger partial charge on any atom is 0.265 e. The second kappa shape index (κ2) is 7.33. The van der Waals surface area contributed by atoms with Crippen molar-refractivity contribution >= 4 is 37.2 Å². The van der Waals surface area contributed by atoms with Crippen molar-refractivity contribution in [1.82, 2.24) is 5.32 Å². The Bertz CT molecular complexity index is 617. The van der Waals surface area contributed by atoms with Crippen molar-refractivity contribution in [2.24, 2.45) is 5.92 Å². The second-order valence-corrected chi connectivity index (χ2v) is 7.90. The molecular weight excluding hydrogens is 337 g/mol. The summed E-state index contributed by atoms with van der Waals surface area (Å²) in [5.74, 6) is -0.0476. The molecule has 0 saturated carbocycles. The fourth-order valence-electron chi connectivity index (χ4n) is 1.46. The van der Waals surface area contributed by atoms with Crippen LogP contribution < -0.4 is 10.1 Å². The zero-order chi connectivity index (χ0) is 16.2. The van der Waals surface area contributed by atoms with E-state index in [1.54, 1.807) is 0 Å². The second-order valence-electron chi connectivity index (χ2n) is 4.93. The Hall–Kier alpha value is -0.980. The standard InChI is InChI=1S/C13H17Cl2NO4S/c1-8(2)7-16-13(17)9(3)20-11-5-4-10(14)6-12(11)21(15,18)19/h4-6,8-9H,7H2,1-3H3,(H,16,17). The van der Waals surface area contributed by atoms with E-state index in [1.165, 1.54) is 25.1 Å². The van der Waals surface area contributed by atoms with E-state index in [9.17, 15) is 13.2 Å². The zero-order valence-corrected chi connectivity index (χ0v) is 14.2. The Morgan fingerprint density at radius 2 is 1.95 bits per heavy atom. The molecule has 0 spiro atoms. The smallest absolute Gasteiger partial charge is 0.265 e.